The van der Waals surface area contributed by atoms with E-state index in [1.807, 2.05) is 61.5 Å². The van der Waals surface area contributed by atoms with E-state index in [4.69, 9.17) is 10.5 Å². The van der Waals surface area contributed by atoms with Gasteiger partial charge in [0, 0.05) is 6.54 Å². The van der Waals surface area contributed by atoms with Crippen LogP contribution in [0.3, 0.4) is 0 Å². The van der Waals surface area contributed by atoms with Gasteiger partial charge in [0.05, 0.1) is 6.10 Å². The molecule has 2 atom stereocenters. The molecule has 30 heavy (non-hydrogen) atoms. The molecule has 0 aliphatic heterocycles. The fraction of sp³-hybridized carbons (Fsp3) is 0.417. The monoisotopic (exact) mass is 412 g/mol. The number of carbonyl (C=O) groups is 2. The van der Waals surface area contributed by atoms with E-state index in [-0.39, 0.29) is 6.42 Å². The van der Waals surface area contributed by atoms with E-state index in [0.717, 1.165) is 29.7 Å². The number of amides is 2. The van der Waals surface area contributed by atoms with E-state index in [1.165, 1.54) is 0 Å². The zero-order valence-corrected chi connectivity index (χ0v) is 17.5. The molecule has 0 heterocycles. The number of hydrogen-bond acceptors (Lipinski definition) is 4. The first kappa shape index (κ1) is 23.4. The van der Waals surface area contributed by atoms with Crippen LogP contribution in [-0.2, 0) is 22.6 Å². The van der Waals surface area contributed by atoms with Gasteiger partial charge < -0.3 is 20.9 Å². The number of nitrogens with one attached hydrogen (secondary N) is 1. The van der Waals surface area contributed by atoms with Crippen molar-refractivity contribution < 1.29 is 19.4 Å². The van der Waals surface area contributed by atoms with Crippen molar-refractivity contribution in [2.45, 2.75) is 51.7 Å². The number of carbonyl (C=O) groups excluding carboxylic acids is 2. The summed E-state index contributed by atoms with van der Waals surface area (Å²) in [5.41, 5.74) is 7.48. The third kappa shape index (κ3) is 8.25. The summed E-state index contributed by atoms with van der Waals surface area (Å²) in [6.07, 6.45) is 2.03. The first-order chi connectivity index (χ1) is 14.5. The molecule has 0 saturated carbocycles. The Morgan fingerprint density at radius 2 is 1.83 bits per heavy atom. The van der Waals surface area contributed by atoms with Gasteiger partial charge in [-0.25, -0.2) is 0 Å². The number of hydrogen-bond donors (Lipinski definition) is 3. The highest BCUT2D eigenvalue weighted by Crippen LogP contribution is 2.18. The summed E-state index contributed by atoms with van der Waals surface area (Å²) in [5, 5.41) is 13.1. The van der Waals surface area contributed by atoms with Crippen LogP contribution >= 0.6 is 0 Å². The molecule has 0 bridgehead atoms. The lowest BCUT2D eigenvalue weighted by atomic mass is 9.95. The number of aliphatic hydroxyl groups is 1. The number of nitrogens with two attached hydrogens (primary N) is 1. The van der Waals surface area contributed by atoms with Gasteiger partial charge in [-0.2, -0.15) is 0 Å². The van der Waals surface area contributed by atoms with E-state index in [0.29, 0.717) is 26.0 Å². The molecule has 2 aromatic carbocycles. The lowest BCUT2D eigenvalue weighted by molar-refractivity contribution is -0.134. The quantitative estimate of drug-likeness (QED) is 0.348. The largest absolute Gasteiger partial charge is 0.489 e. The van der Waals surface area contributed by atoms with E-state index in [9.17, 15) is 14.7 Å². The summed E-state index contributed by atoms with van der Waals surface area (Å²) in [6, 6.07) is 17.6. The molecule has 2 aromatic rings. The summed E-state index contributed by atoms with van der Waals surface area (Å²) in [6.45, 7) is 3.01. The fourth-order valence-corrected chi connectivity index (χ4v) is 3.12. The maximum Gasteiger partial charge on any atom is 0.232 e. The minimum atomic E-state index is -1.02. The van der Waals surface area contributed by atoms with Crippen molar-refractivity contribution in [3.05, 3.63) is 65.7 Å². The smallest absolute Gasteiger partial charge is 0.232 e. The van der Waals surface area contributed by atoms with Crippen LogP contribution in [0.2, 0.25) is 0 Å². The molecule has 4 N–H and O–H groups in total. The second-order valence-corrected chi connectivity index (χ2v) is 7.45. The van der Waals surface area contributed by atoms with Gasteiger partial charge in [-0.05, 0) is 48.9 Å². The number of aryl methyl sites for hydroxylation is 1. The predicted octanol–water partition coefficient (Wildman–Crippen LogP) is 2.97. The highest BCUT2D eigenvalue weighted by Gasteiger charge is 2.26. The first-order valence-electron chi connectivity index (χ1n) is 10.5. The average Bonchev–Trinajstić information content (AvgIpc) is 2.75. The Bertz CT molecular complexity index is 795. The molecule has 0 unspecified atom stereocenters. The van der Waals surface area contributed by atoms with Crippen LogP contribution in [0.4, 0.5) is 0 Å². The lowest BCUT2D eigenvalue weighted by Crippen LogP contribution is -2.41. The Hall–Kier alpha value is -2.86. The highest BCUT2D eigenvalue weighted by atomic mass is 16.5. The van der Waals surface area contributed by atoms with Crippen molar-refractivity contribution in [1.82, 2.24) is 5.32 Å². The van der Waals surface area contributed by atoms with Crippen LogP contribution in [0, 0.1) is 5.92 Å². The molecular weight excluding hydrogens is 380 g/mol. The molecule has 0 aliphatic rings. The second-order valence-electron chi connectivity index (χ2n) is 7.45. The van der Waals surface area contributed by atoms with Gasteiger partial charge >= 0.3 is 0 Å². The Morgan fingerprint density at radius 1 is 1.10 bits per heavy atom. The summed E-state index contributed by atoms with van der Waals surface area (Å²) in [4.78, 5) is 23.8. The maximum absolute atomic E-state index is 12.2. The van der Waals surface area contributed by atoms with Crippen LogP contribution in [0.1, 0.15) is 43.7 Å². The van der Waals surface area contributed by atoms with Crippen LogP contribution in [-0.4, -0.2) is 29.6 Å². The number of unbranched alkanes of at least 4 members (excludes halogenated alkanes) is 1. The van der Waals surface area contributed by atoms with Gasteiger partial charge in [-0.15, -0.1) is 0 Å². The Kier molecular flexibility index (Phi) is 9.87. The van der Waals surface area contributed by atoms with Crippen molar-refractivity contribution in [2.24, 2.45) is 11.7 Å². The molecule has 6 nitrogen and oxygen atoms in total. The molecule has 0 spiro atoms. The van der Waals surface area contributed by atoms with Crippen molar-refractivity contribution >= 4 is 11.8 Å². The zero-order valence-electron chi connectivity index (χ0n) is 17.5. The summed E-state index contributed by atoms with van der Waals surface area (Å²) < 4.78 is 5.84. The third-order valence-electron chi connectivity index (χ3n) is 4.91. The van der Waals surface area contributed by atoms with Gasteiger partial charge in [-0.3, -0.25) is 9.59 Å². The summed E-state index contributed by atoms with van der Waals surface area (Å²) >= 11 is 0. The number of benzene rings is 2. The molecule has 0 aliphatic carbocycles. The zero-order chi connectivity index (χ0) is 21.8. The van der Waals surface area contributed by atoms with Gasteiger partial charge in [0.1, 0.15) is 18.3 Å². The van der Waals surface area contributed by atoms with Crippen molar-refractivity contribution in [2.75, 3.05) is 6.54 Å². The van der Waals surface area contributed by atoms with Crippen LogP contribution in [0.15, 0.2) is 54.6 Å². The second kappa shape index (κ2) is 12.6. The fourth-order valence-electron chi connectivity index (χ4n) is 3.12. The first-order valence-corrected chi connectivity index (χ1v) is 10.5. The average molecular weight is 413 g/mol. The van der Waals surface area contributed by atoms with E-state index in [1.54, 1.807) is 0 Å². The molecule has 0 fully saturated rings. The van der Waals surface area contributed by atoms with Gasteiger partial charge in [0.2, 0.25) is 11.8 Å². The van der Waals surface area contributed by atoms with Crippen LogP contribution in [0.5, 0.6) is 5.75 Å². The summed E-state index contributed by atoms with van der Waals surface area (Å²) in [5.74, 6) is -1.38. The van der Waals surface area contributed by atoms with Crippen molar-refractivity contribution in [3.63, 3.8) is 0 Å². The minimum absolute atomic E-state index is 0.0253. The number of ether oxygens (including phenoxy) is 1. The number of rotatable bonds is 13. The Morgan fingerprint density at radius 3 is 2.53 bits per heavy atom. The molecular formula is C24H32N2O4. The predicted molar refractivity (Wildman–Crippen MR) is 117 cm³/mol. The van der Waals surface area contributed by atoms with Gasteiger partial charge in [0.25, 0.3) is 0 Å². The summed E-state index contributed by atoms with van der Waals surface area (Å²) in [7, 11) is 0. The highest BCUT2D eigenvalue weighted by molar-refractivity contribution is 5.99. The van der Waals surface area contributed by atoms with Crippen molar-refractivity contribution in [1.29, 1.82) is 0 Å². The van der Waals surface area contributed by atoms with Gasteiger partial charge in [-0.1, -0.05) is 55.8 Å². The normalized spacial score (nSPS) is 12.7. The van der Waals surface area contributed by atoms with Crippen molar-refractivity contribution in [3.8, 4) is 5.75 Å². The Balaban J connectivity index is 1.83. The molecule has 0 saturated heterocycles. The van der Waals surface area contributed by atoms with E-state index >= 15 is 0 Å². The molecule has 0 aromatic heterocycles. The molecule has 6 heteroatoms. The Labute approximate surface area is 178 Å². The van der Waals surface area contributed by atoms with Gasteiger partial charge in [0.15, 0.2) is 0 Å². The van der Waals surface area contributed by atoms with Crippen LogP contribution in [0.25, 0.3) is 0 Å². The van der Waals surface area contributed by atoms with E-state index in [2.05, 4.69) is 5.32 Å². The standard InChI is InChI=1S/C24H32N2O4/c1-2-3-14-26-24(29)22(23(25)28)16-20(27)13-12-18-10-7-11-21(15-18)30-17-19-8-5-4-6-9-19/h4-11,15,20,22,27H,2-3,12-14,16-17H2,1H3,(H2,25,28)(H,26,29)/t20-,22+/m0/s1. The third-order valence-corrected chi connectivity index (χ3v) is 4.91. The molecule has 2 amide bonds. The molecule has 2 rings (SSSR count). The lowest BCUT2D eigenvalue weighted by Gasteiger charge is -2.17. The minimum Gasteiger partial charge on any atom is -0.489 e. The maximum atomic E-state index is 12.2. The molecule has 0 radical (unpaired) electrons. The number of primary amides is 1. The topological polar surface area (TPSA) is 102 Å². The number of aliphatic hydroxyl groups excluding tert-OH is 1. The van der Waals surface area contributed by atoms with E-state index < -0.39 is 23.8 Å². The SMILES string of the molecule is CCCCNC(=O)[C@H](C[C@@H](O)CCc1cccc(OCc2ccccc2)c1)C(N)=O. The molecule has 162 valence electrons. The van der Waals surface area contributed by atoms with Crippen LogP contribution < -0.4 is 15.8 Å².